The number of amides is 1. The molecule has 3 atom stereocenters. The van der Waals surface area contributed by atoms with Crippen molar-refractivity contribution in [3.05, 3.63) is 24.2 Å². The van der Waals surface area contributed by atoms with Crippen LogP contribution in [-0.4, -0.2) is 51.5 Å². The van der Waals surface area contributed by atoms with Crippen molar-refractivity contribution in [2.75, 3.05) is 6.54 Å². The van der Waals surface area contributed by atoms with Crippen molar-refractivity contribution >= 4 is 5.91 Å². The van der Waals surface area contributed by atoms with Gasteiger partial charge in [-0.05, 0) is 63.5 Å². The van der Waals surface area contributed by atoms with Gasteiger partial charge in [0.1, 0.15) is 11.4 Å². The van der Waals surface area contributed by atoms with Crippen molar-refractivity contribution < 1.29 is 14.3 Å². The molecule has 0 radical (unpaired) electrons. The van der Waals surface area contributed by atoms with Crippen molar-refractivity contribution in [2.24, 2.45) is 0 Å². The molecule has 1 N–H and O–H groups in total. The molecule has 30 heavy (non-hydrogen) atoms. The van der Waals surface area contributed by atoms with E-state index in [-0.39, 0.29) is 12.1 Å². The summed E-state index contributed by atoms with van der Waals surface area (Å²) in [7, 11) is 0. The molecule has 166 valence electrons. The molecule has 1 amide bonds. The highest BCUT2D eigenvalue weighted by Crippen LogP contribution is 2.46. The standard InChI is InChI=1S/C25H38N2O3/c28-24(27(19-8-3-1-4-9-19)20-10-5-2-6-11-20)18-26-21-13-14-22(26)17-25(29,16-21)23-12-7-15-30-23/h7,12,15,19-22,29H,1-6,8-11,13-14,16-18H2/t21-,22+,25?. The molecular formula is C25H38N2O3. The van der Waals surface area contributed by atoms with E-state index in [2.05, 4.69) is 9.80 Å². The Balaban J connectivity index is 1.29. The lowest BCUT2D eigenvalue weighted by Gasteiger charge is -2.46. The van der Waals surface area contributed by atoms with Crippen molar-refractivity contribution in [3.8, 4) is 0 Å². The third kappa shape index (κ3) is 3.95. The second-order valence-electron chi connectivity index (χ2n) is 10.4. The van der Waals surface area contributed by atoms with Gasteiger partial charge in [-0.25, -0.2) is 0 Å². The van der Waals surface area contributed by atoms with Crippen LogP contribution < -0.4 is 0 Å². The fourth-order valence-corrected chi connectivity index (χ4v) is 6.98. The maximum absolute atomic E-state index is 13.7. The van der Waals surface area contributed by atoms with Gasteiger partial charge in [0.25, 0.3) is 0 Å². The summed E-state index contributed by atoms with van der Waals surface area (Å²) in [5, 5.41) is 11.3. The molecule has 1 aromatic rings. The summed E-state index contributed by atoms with van der Waals surface area (Å²) in [6.07, 6.45) is 17.6. The third-order valence-corrected chi connectivity index (χ3v) is 8.44. The number of carbonyl (C=O) groups excluding carboxylic acids is 1. The average molecular weight is 415 g/mol. The normalized spacial score (nSPS) is 33.6. The first kappa shape index (κ1) is 20.6. The topological polar surface area (TPSA) is 56.9 Å². The Morgan fingerprint density at radius 1 is 0.967 bits per heavy atom. The SMILES string of the molecule is O=C(CN1[C@@H]2CC[C@H]1CC(O)(c1ccco1)C2)N(C1CCCCC1)C1CCCCC1. The largest absolute Gasteiger partial charge is 0.466 e. The number of carbonyl (C=O) groups is 1. The van der Waals surface area contributed by atoms with Crippen LogP contribution in [0, 0.1) is 0 Å². The van der Waals surface area contributed by atoms with Crippen molar-refractivity contribution in [2.45, 2.75) is 120 Å². The van der Waals surface area contributed by atoms with Crippen LogP contribution in [0.1, 0.15) is 95.7 Å². The average Bonchev–Trinajstić information content (AvgIpc) is 3.39. The molecule has 2 saturated carbocycles. The van der Waals surface area contributed by atoms with E-state index in [1.165, 1.54) is 64.2 Å². The van der Waals surface area contributed by atoms with Crippen LogP contribution in [0.3, 0.4) is 0 Å². The quantitative estimate of drug-likeness (QED) is 0.766. The molecule has 1 unspecified atom stereocenters. The highest BCUT2D eigenvalue weighted by Gasteiger charge is 2.50. The van der Waals surface area contributed by atoms with Crippen LogP contribution in [0.15, 0.2) is 22.8 Å². The summed E-state index contributed by atoms with van der Waals surface area (Å²) < 4.78 is 5.57. The smallest absolute Gasteiger partial charge is 0.237 e. The van der Waals surface area contributed by atoms with Crippen LogP contribution in [0.2, 0.25) is 0 Å². The van der Waals surface area contributed by atoms with Gasteiger partial charge >= 0.3 is 0 Å². The Hall–Kier alpha value is -1.33. The number of hydrogen-bond donors (Lipinski definition) is 1. The van der Waals surface area contributed by atoms with Gasteiger partial charge < -0.3 is 14.4 Å². The fourth-order valence-electron chi connectivity index (χ4n) is 6.98. The first-order valence-corrected chi connectivity index (χ1v) is 12.5. The fraction of sp³-hybridized carbons (Fsp3) is 0.800. The summed E-state index contributed by atoms with van der Waals surface area (Å²) in [6.45, 7) is 0.538. The van der Waals surface area contributed by atoms with E-state index in [0.29, 0.717) is 43.1 Å². The van der Waals surface area contributed by atoms with Crippen molar-refractivity contribution in [1.29, 1.82) is 0 Å². The molecule has 2 bridgehead atoms. The molecule has 2 aliphatic carbocycles. The summed E-state index contributed by atoms with van der Waals surface area (Å²) >= 11 is 0. The monoisotopic (exact) mass is 414 g/mol. The van der Waals surface area contributed by atoms with E-state index in [1.807, 2.05) is 12.1 Å². The lowest BCUT2D eigenvalue weighted by atomic mass is 9.84. The van der Waals surface area contributed by atoms with E-state index in [4.69, 9.17) is 4.42 Å². The summed E-state index contributed by atoms with van der Waals surface area (Å²) in [6, 6.07) is 5.23. The molecule has 0 aromatic carbocycles. The highest BCUT2D eigenvalue weighted by molar-refractivity contribution is 5.79. The van der Waals surface area contributed by atoms with Crippen LogP contribution in [0.4, 0.5) is 0 Å². The molecule has 5 nitrogen and oxygen atoms in total. The van der Waals surface area contributed by atoms with Gasteiger partial charge in [-0.3, -0.25) is 9.69 Å². The first-order chi connectivity index (χ1) is 14.6. The minimum atomic E-state index is -0.874. The highest BCUT2D eigenvalue weighted by atomic mass is 16.4. The zero-order chi connectivity index (χ0) is 20.6. The van der Waals surface area contributed by atoms with E-state index in [1.54, 1.807) is 6.26 Å². The van der Waals surface area contributed by atoms with E-state index in [0.717, 1.165) is 12.8 Å². The molecule has 0 spiro atoms. The Kier molecular flexibility index (Phi) is 5.94. The zero-order valence-electron chi connectivity index (χ0n) is 18.3. The zero-order valence-corrected chi connectivity index (χ0v) is 18.3. The van der Waals surface area contributed by atoms with Crippen LogP contribution in [0.5, 0.6) is 0 Å². The summed E-state index contributed by atoms with van der Waals surface area (Å²) in [4.78, 5) is 18.5. The minimum Gasteiger partial charge on any atom is -0.466 e. The minimum absolute atomic E-state index is 0.280. The predicted molar refractivity (Wildman–Crippen MR) is 116 cm³/mol. The van der Waals surface area contributed by atoms with Gasteiger partial charge in [0.05, 0.1) is 12.8 Å². The second kappa shape index (κ2) is 8.66. The molecule has 4 aliphatic rings. The van der Waals surface area contributed by atoms with Crippen LogP contribution in [-0.2, 0) is 10.4 Å². The number of rotatable bonds is 5. The van der Waals surface area contributed by atoms with Gasteiger partial charge in [-0.15, -0.1) is 0 Å². The number of hydrogen-bond acceptors (Lipinski definition) is 4. The summed E-state index contributed by atoms with van der Waals surface area (Å²) in [5.74, 6) is 1.05. The van der Waals surface area contributed by atoms with Gasteiger partial charge in [0, 0.05) is 24.2 Å². The molecule has 2 saturated heterocycles. The molecule has 3 heterocycles. The third-order valence-electron chi connectivity index (χ3n) is 8.44. The van der Waals surface area contributed by atoms with Crippen LogP contribution in [0.25, 0.3) is 0 Å². The lowest BCUT2D eigenvalue weighted by Crippen LogP contribution is -2.56. The molecule has 1 aromatic heterocycles. The number of furan rings is 1. The van der Waals surface area contributed by atoms with Gasteiger partial charge in [-0.1, -0.05) is 38.5 Å². The predicted octanol–water partition coefficient (Wildman–Crippen LogP) is 4.59. The van der Waals surface area contributed by atoms with E-state index >= 15 is 0 Å². The van der Waals surface area contributed by atoms with E-state index < -0.39 is 5.60 Å². The van der Waals surface area contributed by atoms with Gasteiger partial charge in [0.15, 0.2) is 0 Å². The molecular weight excluding hydrogens is 376 g/mol. The maximum atomic E-state index is 13.7. The first-order valence-electron chi connectivity index (χ1n) is 12.5. The lowest BCUT2D eigenvalue weighted by molar-refractivity contribution is -0.143. The molecule has 5 heteroatoms. The maximum Gasteiger partial charge on any atom is 0.237 e. The number of nitrogens with zero attached hydrogens (tertiary/aromatic N) is 2. The second-order valence-corrected chi connectivity index (χ2v) is 10.4. The Morgan fingerprint density at radius 2 is 1.53 bits per heavy atom. The van der Waals surface area contributed by atoms with Crippen LogP contribution >= 0.6 is 0 Å². The van der Waals surface area contributed by atoms with E-state index in [9.17, 15) is 9.90 Å². The number of piperidine rings is 1. The number of fused-ring (bicyclic) bond motifs is 2. The van der Waals surface area contributed by atoms with Gasteiger partial charge in [0.2, 0.25) is 5.91 Å². The summed E-state index contributed by atoms with van der Waals surface area (Å²) in [5.41, 5.74) is -0.874. The molecule has 2 aliphatic heterocycles. The Labute approximate surface area is 180 Å². The van der Waals surface area contributed by atoms with Crippen molar-refractivity contribution in [3.63, 3.8) is 0 Å². The Bertz CT molecular complexity index is 674. The molecule has 4 fully saturated rings. The number of aliphatic hydroxyl groups is 1. The molecule has 5 rings (SSSR count). The van der Waals surface area contributed by atoms with Crippen molar-refractivity contribution in [1.82, 2.24) is 9.80 Å². The van der Waals surface area contributed by atoms with Gasteiger partial charge in [-0.2, -0.15) is 0 Å². The Morgan fingerprint density at radius 3 is 2.03 bits per heavy atom.